The van der Waals surface area contributed by atoms with E-state index in [1.54, 1.807) is 35.4 Å². The fourth-order valence-electron chi connectivity index (χ4n) is 2.92. The van der Waals surface area contributed by atoms with Crippen LogP contribution in [0.2, 0.25) is 5.02 Å². The lowest BCUT2D eigenvalue weighted by Gasteiger charge is -2.14. The van der Waals surface area contributed by atoms with Crippen LogP contribution in [0, 0.1) is 5.92 Å². The van der Waals surface area contributed by atoms with Crippen molar-refractivity contribution in [3.63, 3.8) is 0 Å². The zero-order valence-corrected chi connectivity index (χ0v) is 16.2. The second-order valence-electron chi connectivity index (χ2n) is 6.22. The van der Waals surface area contributed by atoms with Crippen molar-refractivity contribution in [1.82, 2.24) is 10.3 Å². The number of ether oxygens (including phenoxy) is 2. The van der Waals surface area contributed by atoms with Crippen molar-refractivity contribution in [2.45, 2.75) is 13.0 Å². The molecule has 1 aromatic carbocycles. The number of carbonyl (C=O) groups is 2. The highest BCUT2D eigenvalue weighted by molar-refractivity contribution is 6.33. The van der Waals surface area contributed by atoms with Gasteiger partial charge < -0.3 is 18.8 Å². The molecule has 0 radical (unpaired) electrons. The Labute approximate surface area is 167 Å². The SMILES string of the molecule is COc1cc(Cl)c(/C=N/NC(=O)C2CC(=O)N(Cc3ccco3)C2)cc1OC. The lowest BCUT2D eigenvalue weighted by atomic mass is 10.1. The van der Waals surface area contributed by atoms with Gasteiger partial charge in [0.25, 0.3) is 0 Å². The fourth-order valence-corrected chi connectivity index (χ4v) is 3.12. The van der Waals surface area contributed by atoms with E-state index in [0.717, 1.165) is 0 Å². The van der Waals surface area contributed by atoms with Gasteiger partial charge in [0.05, 0.1) is 44.2 Å². The Morgan fingerprint density at radius 2 is 2.14 bits per heavy atom. The van der Waals surface area contributed by atoms with Gasteiger partial charge in [0, 0.05) is 24.6 Å². The lowest BCUT2D eigenvalue weighted by Crippen LogP contribution is -2.30. The summed E-state index contributed by atoms with van der Waals surface area (Å²) in [5, 5.41) is 4.35. The molecule has 1 unspecified atom stereocenters. The second kappa shape index (κ2) is 8.79. The number of methoxy groups -OCH3 is 2. The van der Waals surface area contributed by atoms with Gasteiger partial charge in [-0.25, -0.2) is 5.43 Å². The van der Waals surface area contributed by atoms with Gasteiger partial charge in [-0.1, -0.05) is 11.6 Å². The van der Waals surface area contributed by atoms with Gasteiger partial charge in [0.15, 0.2) is 11.5 Å². The molecule has 2 aromatic rings. The molecule has 1 saturated heterocycles. The Morgan fingerprint density at radius 1 is 1.39 bits per heavy atom. The lowest BCUT2D eigenvalue weighted by molar-refractivity contribution is -0.129. The third kappa shape index (κ3) is 4.45. The number of likely N-dealkylation sites (tertiary alicyclic amines) is 1. The molecule has 2 amide bonds. The number of hydrogen-bond donors (Lipinski definition) is 1. The quantitative estimate of drug-likeness (QED) is 0.564. The third-order valence-electron chi connectivity index (χ3n) is 4.39. The van der Waals surface area contributed by atoms with Crippen molar-refractivity contribution in [3.8, 4) is 11.5 Å². The largest absolute Gasteiger partial charge is 0.493 e. The van der Waals surface area contributed by atoms with Gasteiger partial charge in [0.1, 0.15) is 5.76 Å². The van der Waals surface area contributed by atoms with E-state index in [-0.39, 0.29) is 18.2 Å². The number of carbonyl (C=O) groups excluding carboxylic acids is 2. The molecule has 0 bridgehead atoms. The van der Waals surface area contributed by atoms with E-state index in [1.165, 1.54) is 20.4 Å². The van der Waals surface area contributed by atoms with Crippen LogP contribution in [0.1, 0.15) is 17.7 Å². The van der Waals surface area contributed by atoms with E-state index in [9.17, 15) is 9.59 Å². The molecule has 0 spiro atoms. The number of hydrazone groups is 1. The Morgan fingerprint density at radius 3 is 2.82 bits per heavy atom. The number of rotatable bonds is 7. The number of amides is 2. The number of benzene rings is 1. The van der Waals surface area contributed by atoms with Crippen LogP contribution in [0.15, 0.2) is 40.0 Å². The van der Waals surface area contributed by atoms with E-state index >= 15 is 0 Å². The Hall–Kier alpha value is -3.00. The molecule has 28 heavy (non-hydrogen) atoms. The average Bonchev–Trinajstić information content (AvgIpc) is 3.33. The van der Waals surface area contributed by atoms with Crippen LogP contribution in [-0.4, -0.2) is 43.7 Å². The Balaban J connectivity index is 1.59. The fraction of sp³-hybridized carbons (Fsp3) is 0.316. The van der Waals surface area contributed by atoms with E-state index in [2.05, 4.69) is 10.5 Å². The van der Waals surface area contributed by atoms with Crippen molar-refractivity contribution in [2.75, 3.05) is 20.8 Å². The third-order valence-corrected chi connectivity index (χ3v) is 4.72. The summed E-state index contributed by atoms with van der Waals surface area (Å²) in [5.74, 6) is 0.770. The summed E-state index contributed by atoms with van der Waals surface area (Å²) >= 11 is 6.19. The first-order valence-electron chi connectivity index (χ1n) is 8.56. The first-order chi connectivity index (χ1) is 13.5. The van der Waals surface area contributed by atoms with Crippen molar-refractivity contribution < 1.29 is 23.5 Å². The molecule has 1 N–H and O–H groups in total. The molecule has 0 aliphatic carbocycles. The maximum absolute atomic E-state index is 12.3. The molecule has 0 saturated carbocycles. The maximum Gasteiger partial charge on any atom is 0.245 e. The topological polar surface area (TPSA) is 93.4 Å². The summed E-state index contributed by atoms with van der Waals surface area (Å²) in [6.07, 6.45) is 3.10. The van der Waals surface area contributed by atoms with Crippen molar-refractivity contribution >= 4 is 29.6 Å². The summed E-state index contributed by atoms with van der Waals surface area (Å²) < 4.78 is 15.6. The van der Waals surface area contributed by atoms with E-state index < -0.39 is 5.92 Å². The first kappa shape index (κ1) is 19.8. The van der Waals surface area contributed by atoms with E-state index in [1.807, 2.05) is 0 Å². The molecule has 3 rings (SSSR count). The highest BCUT2D eigenvalue weighted by Gasteiger charge is 2.34. The van der Waals surface area contributed by atoms with Gasteiger partial charge in [0.2, 0.25) is 11.8 Å². The van der Waals surface area contributed by atoms with Crippen molar-refractivity contribution in [2.24, 2.45) is 11.0 Å². The molecular weight excluding hydrogens is 386 g/mol. The standard InChI is InChI=1S/C19H20ClN3O5/c1-26-16-6-12(15(20)8-17(16)27-2)9-21-22-19(25)13-7-18(24)23(10-13)11-14-4-3-5-28-14/h3-6,8-9,13H,7,10-11H2,1-2H3,(H,22,25)/b21-9+. The summed E-state index contributed by atoms with van der Waals surface area (Å²) in [6.45, 7) is 0.665. The predicted molar refractivity (Wildman–Crippen MR) is 103 cm³/mol. The van der Waals surface area contributed by atoms with Crippen molar-refractivity contribution in [1.29, 1.82) is 0 Å². The number of hydrogen-bond acceptors (Lipinski definition) is 6. The molecule has 1 aromatic heterocycles. The van der Waals surface area contributed by atoms with Gasteiger partial charge in [-0.2, -0.15) is 5.10 Å². The summed E-state index contributed by atoms with van der Waals surface area (Å²) in [4.78, 5) is 26.0. The molecule has 148 valence electrons. The van der Waals surface area contributed by atoms with Gasteiger partial charge >= 0.3 is 0 Å². The summed E-state index contributed by atoms with van der Waals surface area (Å²) in [6, 6.07) is 6.80. The molecule has 1 aliphatic rings. The Kier molecular flexibility index (Phi) is 6.20. The van der Waals surface area contributed by atoms with Crippen LogP contribution in [0.25, 0.3) is 0 Å². The summed E-state index contributed by atoms with van der Waals surface area (Å²) in [5.41, 5.74) is 3.02. The molecule has 2 heterocycles. The van der Waals surface area contributed by atoms with Gasteiger partial charge in [-0.3, -0.25) is 9.59 Å². The molecule has 1 fully saturated rings. The number of furan rings is 1. The first-order valence-corrected chi connectivity index (χ1v) is 8.94. The molecule has 8 nitrogen and oxygen atoms in total. The van der Waals surface area contributed by atoms with Crippen LogP contribution in [0.4, 0.5) is 0 Å². The number of nitrogens with zero attached hydrogens (tertiary/aromatic N) is 2. The number of halogens is 1. The highest BCUT2D eigenvalue weighted by Crippen LogP contribution is 2.32. The molecule has 1 atom stereocenters. The van der Waals surface area contributed by atoms with Gasteiger partial charge in [-0.05, 0) is 18.2 Å². The molecule has 1 aliphatic heterocycles. The maximum atomic E-state index is 12.3. The van der Waals surface area contributed by atoms with E-state index in [4.69, 9.17) is 25.5 Å². The number of nitrogens with one attached hydrogen (secondary N) is 1. The Bertz CT molecular complexity index is 882. The summed E-state index contributed by atoms with van der Waals surface area (Å²) in [7, 11) is 3.03. The van der Waals surface area contributed by atoms with Gasteiger partial charge in [-0.15, -0.1) is 0 Å². The smallest absolute Gasteiger partial charge is 0.245 e. The van der Waals surface area contributed by atoms with E-state index in [0.29, 0.717) is 40.9 Å². The predicted octanol–water partition coefficient (Wildman–Crippen LogP) is 2.45. The molecular formula is C19H20ClN3O5. The highest BCUT2D eigenvalue weighted by atomic mass is 35.5. The minimum atomic E-state index is -0.472. The van der Waals surface area contributed by atoms with Crippen LogP contribution >= 0.6 is 11.6 Å². The zero-order chi connectivity index (χ0) is 20.1. The van der Waals surface area contributed by atoms with Crippen molar-refractivity contribution in [3.05, 3.63) is 46.9 Å². The second-order valence-corrected chi connectivity index (χ2v) is 6.62. The molecule has 9 heteroatoms. The monoisotopic (exact) mass is 405 g/mol. The van der Waals surface area contributed by atoms with Crippen LogP contribution in [-0.2, 0) is 16.1 Å². The zero-order valence-electron chi connectivity index (χ0n) is 15.5. The minimum Gasteiger partial charge on any atom is -0.493 e. The minimum absolute atomic E-state index is 0.0940. The van der Waals surface area contributed by atoms with Crippen LogP contribution < -0.4 is 14.9 Å². The average molecular weight is 406 g/mol. The van der Waals surface area contributed by atoms with Crippen LogP contribution in [0.5, 0.6) is 11.5 Å². The van der Waals surface area contributed by atoms with Crippen LogP contribution in [0.3, 0.4) is 0 Å². The normalized spacial score (nSPS) is 16.6.